The average molecular weight is 220 g/mol. The van der Waals surface area contributed by atoms with Crippen molar-refractivity contribution in [2.45, 2.75) is 58.5 Å². The summed E-state index contributed by atoms with van der Waals surface area (Å²) in [5.74, 6) is 0. The maximum absolute atomic E-state index is 8.93. The minimum Gasteiger partial charge on any atom is -0.392 e. The molecule has 1 aromatic rings. The SMILES string of the molecule is CCCCCCCCc1ccc(CO)cc1. The van der Waals surface area contributed by atoms with Gasteiger partial charge in [0, 0.05) is 0 Å². The van der Waals surface area contributed by atoms with E-state index in [9.17, 15) is 0 Å². The van der Waals surface area contributed by atoms with Crippen molar-refractivity contribution in [2.24, 2.45) is 0 Å². The molecule has 1 N–H and O–H groups in total. The van der Waals surface area contributed by atoms with Gasteiger partial charge in [-0.1, -0.05) is 63.3 Å². The van der Waals surface area contributed by atoms with Crippen molar-refractivity contribution in [3.05, 3.63) is 35.4 Å². The van der Waals surface area contributed by atoms with Crippen molar-refractivity contribution in [1.82, 2.24) is 0 Å². The molecule has 0 unspecified atom stereocenters. The number of aryl methyl sites for hydroxylation is 1. The fraction of sp³-hybridized carbons (Fsp3) is 0.600. The van der Waals surface area contributed by atoms with E-state index in [1.807, 2.05) is 12.1 Å². The summed E-state index contributed by atoms with van der Waals surface area (Å²) in [4.78, 5) is 0. The lowest BCUT2D eigenvalue weighted by Crippen LogP contribution is -1.88. The van der Waals surface area contributed by atoms with Crippen LogP contribution in [0, 0.1) is 0 Å². The predicted octanol–water partition coefficient (Wildman–Crippen LogP) is 4.08. The van der Waals surface area contributed by atoms with E-state index >= 15 is 0 Å². The van der Waals surface area contributed by atoms with Crippen LogP contribution >= 0.6 is 0 Å². The third-order valence-corrected chi connectivity index (χ3v) is 3.02. The standard InChI is InChI=1S/C15H24O/c1-2-3-4-5-6-7-8-14-9-11-15(13-16)12-10-14/h9-12,16H,2-8,13H2,1H3. The smallest absolute Gasteiger partial charge is 0.0681 e. The first-order valence-corrected chi connectivity index (χ1v) is 6.55. The topological polar surface area (TPSA) is 20.2 Å². The van der Waals surface area contributed by atoms with Crippen LogP contribution in [0.2, 0.25) is 0 Å². The molecule has 0 atom stereocenters. The molecule has 0 aliphatic carbocycles. The van der Waals surface area contributed by atoms with E-state index in [0.29, 0.717) is 0 Å². The highest BCUT2D eigenvalue weighted by Gasteiger charge is 1.95. The van der Waals surface area contributed by atoms with Gasteiger partial charge in [-0.2, -0.15) is 0 Å². The third-order valence-electron chi connectivity index (χ3n) is 3.02. The minimum atomic E-state index is 0.150. The molecule has 0 bridgehead atoms. The molecular weight excluding hydrogens is 196 g/mol. The Morgan fingerprint density at radius 2 is 1.38 bits per heavy atom. The lowest BCUT2D eigenvalue weighted by Gasteiger charge is -2.03. The molecule has 0 aliphatic heterocycles. The number of unbranched alkanes of at least 4 members (excludes halogenated alkanes) is 5. The number of hydrogen-bond donors (Lipinski definition) is 1. The molecular formula is C15H24O. The Kier molecular flexibility index (Phi) is 6.91. The van der Waals surface area contributed by atoms with Gasteiger partial charge in [0.2, 0.25) is 0 Å². The van der Waals surface area contributed by atoms with E-state index < -0.39 is 0 Å². The fourth-order valence-corrected chi connectivity index (χ4v) is 1.92. The highest BCUT2D eigenvalue weighted by atomic mass is 16.3. The van der Waals surface area contributed by atoms with E-state index in [1.165, 1.54) is 50.5 Å². The summed E-state index contributed by atoms with van der Waals surface area (Å²) >= 11 is 0. The van der Waals surface area contributed by atoms with E-state index in [4.69, 9.17) is 5.11 Å². The molecule has 1 rings (SSSR count). The first kappa shape index (κ1) is 13.2. The second kappa shape index (κ2) is 8.35. The zero-order valence-corrected chi connectivity index (χ0v) is 10.4. The Morgan fingerprint density at radius 3 is 2.00 bits per heavy atom. The van der Waals surface area contributed by atoms with Crippen LogP contribution < -0.4 is 0 Å². The Balaban J connectivity index is 2.12. The van der Waals surface area contributed by atoms with Gasteiger partial charge in [0.05, 0.1) is 6.61 Å². The Bertz CT molecular complexity index is 263. The maximum Gasteiger partial charge on any atom is 0.0681 e. The fourth-order valence-electron chi connectivity index (χ4n) is 1.92. The van der Waals surface area contributed by atoms with Crippen molar-refractivity contribution in [2.75, 3.05) is 0 Å². The molecule has 0 radical (unpaired) electrons. The summed E-state index contributed by atoms with van der Waals surface area (Å²) in [6, 6.07) is 8.31. The molecule has 0 spiro atoms. The van der Waals surface area contributed by atoms with E-state index in [2.05, 4.69) is 19.1 Å². The zero-order chi connectivity index (χ0) is 11.6. The predicted molar refractivity (Wildman–Crippen MR) is 69.4 cm³/mol. The second-order valence-corrected chi connectivity index (χ2v) is 4.49. The average Bonchev–Trinajstić information content (AvgIpc) is 2.34. The van der Waals surface area contributed by atoms with E-state index in [-0.39, 0.29) is 6.61 Å². The molecule has 1 nitrogen and oxygen atoms in total. The molecule has 1 aromatic carbocycles. The third kappa shape index (κ3) is 5.32. The van der Waals surface area contributed by atoms with Gasteiger partial charge in [-0.15, -0.1) is 0 Å². The summed E-state index contributed by atoms with van der Waals surface area (Å²) < 4.78 is 0. The van der Waals surface area contributed by atoms with Crippen LogP contribution in [0.4, 0.5) is 0 Å². The molecule has 0 saturated carbocycles. The van der Waals surface area contributed by atoms with Crippen LogP contribution in [0.5, 0.6) is 0 Å². The van der Waals surface area contributed by atoms with Crippen LogP contribution in [0.25, 0.3) is 0 Å². The first-order valence-electron chi connectivity index (χ1n) is 6.55. The van der Waals surface area contributed by atoms with Crippen LogP contribution in [-0.4, -0.2) is 5.11 Å². The van der Waals surface area contributed by atoms with Crippen LogP contribution in [0.1, 0.15) is 56.6 Å². The van der Waals surface area contributed by atoms with E-state index in [0.717, 1.165) is 5.56 Å². The quantitative estimate of drug-likeness (QED) is 0.654. The second-order valence-electron chi connectivity index (χ2n) is 4.49. The number of aliphatic hydroxyl groups excluding tert-OH is 1. The van der Waals surface area contributed by atoms with Gasteiger partial charge in [-0.05, 0) is 24.0 Å². The van der Waals surface area contributed by atoms with Crippen molar-refractivity contribution in [3.8, 4) is 0 Å². The van der Waals surface area contributed by atoms with Gasteiger partial charge in [-0.25, -0.2) is 0 Å². The monoisotopic (exact) mass is 220 g/mol. The number of rotatable bonds is 8. The summed E-state index contributed by atoms with van der Waals surface area (Å²) in [6.07, 6.45) is 9.29. The molecule has 0 aliphatic rings. The first-order chi connectivity index (χ1) is 7.86. The van der Waals surface area contributed by atoms with Crippen LogP contribution in [0.3, 0.4) is 0 Å². The van der Waals surface area contributed by atoms with Crippen molar-refractivity contribution in [1.29, 1.82) is 0 Å². The molecule has 16 heavy (non-hydrogen) atoms. The van der Waals surface area contributed by atoms with Gasteiger partial charge >= 0.3 is 0 Å². The number of hydrogen-bond acceptors (Lipinski definition) is 1. The van der Waals surface area contributed by atoms with Crippen LogP contribution in [-0.2, 0) is 13.0 Å². The molecule has 0 fully saturated rings. The number of benzene rings is 1. The van der Waals surface area contributed by atoms with Crippen molar-refractivity contribution < 1.29 is 5.11 Å². The highest BCUT2D eigenvalue weighted by Crippen LogP contribution is 2.11. The molecule has 0 saturated heterocycles. The minimum absolute atomic E-state index is 0.150. The Morgan fingerprint density at radius 1 is 0.812 bits per heavy atom. The summed E-state index contributed by atoms with van der Waals surface area (Å²) in [5.41, 5.74) is 2.40. The lowest BCUT2D eigenvalue weighted by molar-refractivity contribution is 0.282. The maximum atomic E-state index is 8.93. The molecule has 0 aromatic heterocycles. The van der Waals surface area contributed by atoms with Gasteiger partial charge in [0.1, 0.15) is 0 Å². The summed E-state index contributed by atoms with van der Waals surface area (Å²) in [7, 11) is 0. The Hall–Kier alpha value is -0.820. The summed E-state index contributed by atoms with van der Waals surface area (Å²) in [5, 5.41) is 8.93. The largest absolute Gasteiger partial charge is 0.392 e. The molecule has 0 amide bonds. The van der Waals surface area contributed by atoms with Gasteiger partial charge < -0.3 is 5.11 Å². The van der Waals surface area contributed by atoms with Crippen molar-refractivity contribution in [3.63, 3.8) is 0 Å². The van der Waals surface area contributed by atoms with Crippen LogP contribution in [0.15, 0.2) is 24.3 Å². The Labute approximate surface area is 99.5 Å². The highest BCUT2D eigenvalue weighted by molar-refractivity contribution is 5.21. The van der Waals surface area contributed by atoms with Gasteiger partial charge in [0.15, 0.2) is 0 Å². The molecule has 0 heterocycles. The number of aliphatic hydroxyl groups is 1. The van der Waals surface area contributed by atoms with Gasteiger partial charge in [-0.3, -0.25) is 0 Å². The summed E-state index contributed by atoms with van der Waals surface area (Å²) in [6.45, 7) is 2.40. The zero-order valence-electron chi connectivity index (χ0n) is 10.4. The van der Waals surface area contributed by atoms with Gasteiger partial charge in [0.25, 0.3) is 0 Å². The van der Waals surface area contributed by atoms with Crippen molar-refractivity contribution >= 4 is 0 Å². The lowest BCUT2D eigenvalue weighted by atomic mass is 10.0. The molecule has 1 heteroatoms. The normalized spacial score (nSPS) is 10.6. The molecule has 90 valence electrons. The van der Waals surface area contributed by atoms with E-state index in [1.54, 1.807) is 0 Å².